The summed E-state index contributed by atoms with van der Waals surface area (Å²) >= 11 is 0. The van der Waals surface area contributed by atoms with E-state index in [9.17, 15) is 4.79 Å². The number of carbonyl (C=O) groups is 1. The molecule has 0 atom stereocenters. The molecular formula is C16H23N3O. The number of rotatable bonds is 3. The van der Waals surface area contributed by atoms with Gasteiger partial charge in [0.2, 0.25) is 5.91 Å². The fourth-order valence-electron chi connectivity index (χ4n) is 2.95. The van der Waals surface area contributed by atoms with Gasteiger partial charge in [-0.3, -0.25) is 4.79 Å². The monoisotopic (exact) mass is 273 g/mol. The molecule has 4 nitrogen and oxygen atoms in total. The van der Waals surface area contributed by atoms with Crippen molar-refractivity contribution in [3.8, 4) is 0 Å². The molecule has 3 N–H and O–H groups in total. The van der Waals surface area contributed by atoms with Crippen LogP contribution in [0, 0.1) is 0 Å². The molecule has 0 spiro atoms. The smallest absolute Gasteiger partial charge is 0.244 e. The lowest BCUT2D eigenvalue weighted by Gasteiger charge is -2.36. The first-order valence-electron chi connectivity index (χ1n) is 7.63. The van der Waals surface area contributed by atoms with E-state index in [0.717, 1.165) is 38.0 Å². The molecule has 1 amide bonds. The Morgan fingerprint density at radius 3 is 2.25 bits per heavy atom. The van der Waals surface area contributed by atoms with Gasteiger partial charge in [-0.25, -0.2) is 0 Å². The van der Waals surface area contributed by atoms with E-state index in [1.54, 1.807) is 0 Å². The molecular weight excluding hydrogens is 250 g/mol. The highest BCUT2D eigenvalue weighted by Gasteiger charge is 2.40. The lowest BCUT2D eigenvalue weighted by molar-refractivity contribution is -0.123. The Balaban J connectivity index is 1.62. The Morgan fingerprint density at radius 1 is 1.05 bits per heavy atom. The average Bonchev–Trinajstić information content (AvgIpc) is 2.46. The quantitative estimate of drug-likeness (QED) is 0.889. The number of benzene rings is 1. The first kappa shape index (κ1) is 13.4. The SMILES string of the molecule is NC1(C(=O)Nc2ccc(N3CCCCC3)cc2)CCC1. The summed E-state index contributed by atoms with van der Waals surface area (Å²) in [4.78, 5) is 14.5. The molecule has 3 rings (SSSR count). The normalized spacial score (nSPS) is 21.1. The third-order valence-electron chi connectivity index (χ3n) is 4.54. The minimum Gasteiger partial charge on any atom is -0.372 e. The second-order valence-electron chi connectivity index (χ2n) is 6.06. The van der Waals surface area contributed by atoms with Crippen LogP contribution in [0.5, 0.6) is 0 Å². The molecule has 108 valence electrons. The molecule has 1 aromatic rings. The van der Waals surface area contributed by atoms with Crippen LogP contribution >= 0.6 is 0 Å². The van der Waals surface area contributed by atoms with E-state index in [-0.39, 0.29) is 5.91 Å². The zero-order chi connectivity index (χ0) is 14.0. The molecule has 2 aliphatic rings. The van der Waals surface area contributed by atoms with Crippen molar-refractivity contribution in [1.82, 2.24) is 0 Å². The highest BCUT2D eigenvalue weighted by Crippen LogP contribution is 2.30. The van der Waals surface area contributed by atoms with Crippen molar-refractivity contribution in [3.63, 3.8) is 0 Å². The minimum absolute atomic E-state index is 0.0468. The van der Waals surface area contributed by atoms with Crippen molar-refractivity contribution in [2.75, 3.05) is 23.3 Å². The zero-order valence-electron chi connectivity index (χ0n) is 11.9. The Bertz CT molecular complexity index is 473. The molecule has 4 heteroatoms. The molecule has 0 aromatic heterocycles. The van der Waals surface area contributed by atoms with E-state index in [4.69, 9.17) is 5.73 Å². The zero-order valence-corrected chi connectivity index (χ0v) is 11.9. The van der Waals surface area contributed by atoms with E-state index in [2.05, 4.69) is 22.3 Å². The summed E-state index contributed by atoms with van der Waals surface area (Å²) in [5.74, 6) is -0.0468. The van der Waals surface area contributed by atoms with Gasteiger partial charge in [-0.1, -0.05) is 0 Å². The Morgan fingerprint density at radius 2 is 1.70 bits per heavy atom. The van der Waals surface area contributed by atoms with E-state index in [0.29, 0.717) is 0 Å². The van der Waals surface area contributed by atoms with Crippen molar-refractivity contribution in [3.05, 3.63) is 24.3 Å². The largest absolute Gasteiger partial charge is 0.372 e. The first-order valence-corrected chi connectivity index (χ1v) is 7.63. The first-order chi connectivity index (χ1) is 9.67. The molecule has 1 aliphatic heterocycles. The van der Waals surface area contributed by atoms with Gasteiger partial charge in [0.05, 0.1) is 5.54 Å². The van der Waals surface area contributed by atoms with Gasteiger partial charge in [0.15, 0.2) is 0 Å². The number of carbonyl (C=O) groups excluding carboxylic acids is 1. The molecule has 1 saturated heterocycles. The second-order valence-corrected chi connectivity index (χ2v) is 6.06. The Labute approximate surface area is 120 Å². The topological polar surface area (TPSA) is 58.4 Å². The number of hydrogen-bond donors (Lipinski definition) is 2. The van der Waals surface area contributed by atoms with E-state index >= 15 is 0 Å². The third-order valence-corrected chi connectivity index (χ3v) is 4.54. The predicted molar refractivity (Wildman–Crippen MR) is 81.9 cm³/mol. The molecule has 1 aromatic carbocycles. The molecule has 1 heterocycles. The fourth-order valence-corrected chi connectivity index (χ4v) is 2.95. The maximum atomic E-state index is 12.1. The van der Waals surface area contributed by atoms with Crippen LogP contribution < -0.4 is 16.0 Å². The van der Waals surface area contributed by atoms with Crippen LogP contribution in [0.2, 0.25) is 0 Å². The Hall–Kier alpha value is -1.55. The van der Waals surface area contributed by atoms with Crippen LogP contribution in [0.1, 0.15) is 38.5 Å². The van der Waals surface area contributed by atoms with E-state index < -0.39 is 5.54 Å². The van der Waals surface area contributed by atoms with Crippen molar-refractivity contribution in [2.24, 2.45) is 5.73 Å². The van der Waals surface area contributed by atoms with Crippen LogP contribution in [-0.2, 0) is 4.79 Å². The van der Waals surface area contributed by atoms with Gasteiger partial charge >= 0.3 is 0 Å². The van der Waals surface area contributed by atoms with Gasteiger partial charge in [-0.2, -0.15) is 0 Å². The molecule has 0 radical (unpaired) electrons. The number of nitrogens with zero attached hydrogens (tertiary/aromatic N) is 1. The molecule has 0 unspecified atom stereocenters. The van der Waals surface area contributed by atoms with Gasteiger partial charge in [-0.05, 0) is 62.8 Å². The minimum atomic E-state index is -0.633. The lowest BCUT2D eigenvalue weighted by Crippen LogP contribution is -2.56. The summed E-state index contributed by atoms with van der Waals surface area (Å²) in [5.41, 5.74) is 7.47. The van der Waals surface area contributed by atoms with E-state index in [1.807, 2.05) is 12.1 Å². The van der Waals surface area contributed by atoms with Gasteiger partial charge in [0, 0.05) is 24.5 Å². The molecule has 0 bridgehead atoms. The number of anilines is 2. The van der Waals surface area contributed by atoms with Crippen LogP contribution in [0.3, 0.4) is 0 Å². The summed E-state index contributed by atoms with van der Waals surface area (Å²) in [5, 5.41) is 2.93. The lowest BCUT2D eigenvalue weighted by atomic mass is 9.77. The Kier molecular flexibility index (Phi) is 3.66. The maximum absolute atomic E-state index is 12.1. The molecule has 2 fully saturated rings. The van der Waals surface area contributed by atoms with E-state index in [1.165, 1.54) is 24.9 Å². The van der Waals surface area contributed by atoms with Gasteiger partial charge in [0.1, 0.15) is 0 Å². The summed E-state index contributed by atoms with van der Waals surface area (Å²) in [6.45, 7) is 2.27. The maximum Gasteiger partial charge on any atom is 0.244 e. The van der Waals surface area contributed by atoms with Crippen molar-refractivity contribution < 1.29 is 4.79 Å². The number of nitrogens with one attached hydrogen (secondary N) is 1. The van der Waals surface area contributed by atoms with Crippen LogP contribution in [0.4, 0.5) is 11.4 Å². The summed E-state index contributed by atoms with van der Waals surface area (Å²) in [6, 6.07) is 8.13. The third kappa shape index (κ3) is 2.66. The number of amides is 1. The van der Waals surface area contributed by atoms with Crippen molar-refractivity contribution in [1.29, 1.82) is 0 Å². The van der Waals surface area contributed by atoms with Crippen LogP contribution in [-0.4, -0.2) is 24.5 Å². The number of hydrogen-bond acceptors (Lipinski definition) is 3. The molecule has 1 saturated carbocycles. The highest BCUT2D eigenvalue weighted by molar-refractivity contribution is 5.98. The average molecular weight is 273 g/mol. The molecule has 20 heavy (non-hydrogen) atoms. The van der Waals surface area contributed by atoms with Crippen molar-refractivity contribution >= 4 is 17.3 Å². The van der Waals surface area contributed by atoms with Gasteiger partial charge < -0.3 is 16.0 Å². The summed E-state index contributed by atoms with van der Waals surface area (Å²) in [7, 11) is 0. The number of nitrogens with two attached hydrogens (primary N) is 1. The highest BCUT2D eigenvalue weighted by atomic mass is 16.2. The van der Waals surface area contributed by atoms with Crippen molar-refractivity contribution in [2.45, 2.75) is 44.1 Å². The predicted octanol–water partition coefficient (Wildman–Crippen LogP) is 2.50. The fraction of sp³-hybridized carbons (Fsp3) is 0.562. The summed E-state index contributed by atoms with van der Waals surface area (Å²) < 4.78 is 0. The van der Waals surface area contributed by atoms with Gasteiger partial charge in [-0.15, -0.1) is 0 Å². The second kappa shape index (κ2) is 5.44. The van der Waals surface area contributed by atoms with Gasteiger partial charge in [0.25, 0.3) is 0 Å². The van der Waals surface area contributed by atoms with Crippen LogP contribution in [0.15, 0.2) is 24.3 Å². The van der Waals surface area contributed by atoms with Crippen LogP contribution in [0.25, 0.3) is 0 Å². The standard InChI is InChI=1S/C16H23N3O/c17-16(9-4-10-16)15(20)18-13-5-7-14(8-6-13)19-11-2-1-3-12-19/h5-8H,1-4,9-12,17H2,(H,18,20). The number of piperidine rings is 1. The summed E-state index contributed by atoms with van der Waals surface area (Å²) in [6.07, 6.45) is 6.53. The molecule has 1 aliphatic carbocycles.